The fraction of sp³-hybridized carbons (Fsp3) is 0.250. The summed E-state index contributed by atoms with van der Waals surface area (Å²) in [5.74, 6) is 0.832. The molecular weight excluding hydrogens is 204 g/mol. The van der Waals surface area contributed by atoms with Crippen molar-refractivity contribution in [3.63, 3.8) is 0 Å². The van der Waals surface area contributed by atoms with Gasteiger partial charge in [-0.2, -0.15) is 0 Å². The minimum Gasteiger partial charge on any atom is -0.440 e. The molecule has 0 N–H and O–H groups in total. The van der Waals surface area contributed by atoms with Crippen molar-refractivity contribution in [2.45, 2.75) is 17.9 Å². The second-order valence-corrected chi connectivity index (χ2v) is 4.34. The number of aromatic nitrogens is 2. The number of rotatable bonds is 3. The Morgan fingerprint density at radius 2 is 2.54 bits per heavy atom. The number of aryl methyl sites for hydroxylation is 1. The monoisotopic (exact) mass is 212 g/mol. The lowest BCUT2D eigenvalue weighted by Crippen LogP contribution is -1.79. The lowest BCUT2D eigenvalue weighted by molar-refractivity contribution is 0.454. The van der Waals surface area contributed by atoms with E-state index in [9.17, 15) is 0 Å². The van der Waals surface area contributed by atoms with Gasteiger partial charge in [0.15, 0.2) is 0 Å². The van der Waals surface area contributed by atoms with Crippen LogP contribution in [0.2, 0.25) is 0 Å². The molecule has 68 valence electrons. The molecule has 3 nitrogen and oxygen atoms in total. The molecule has 0 atom stereocenters. The molecule has 0 aromatic carbocycles. The Hall–Kier alpha value is -0.810. The lowest BCUT2D eigenvalue weighted by Gasteiger charge is -1.90. The van der Waals surface area contributed by atoms with Gasteiger partial charge in [-0.25, -0.2) is 9.97 Å². The first-order valence-corrected chi connectivity index (χ1v) is 5.64. The van der Waals surface area contributed by atoms with Crippen molar-refractivity contribution in [2.24, 2.45) is 0 Å². The summed E-state index contributed by atoms with van der Waals surface area (Å²) in [5, 5.41) is 3.86. The average Bonchev–Trinajstić information content (AvgIpc) is 2.71. The summed E-state index contributed by atoms with van der Waals surface area (Å²) in [4.78, 5) is 8.35. The second kappa shape index (κ2) is 3.93. The molecule has 5 heteroatoms. The van der Waals surface area contributed by atoms with Crippen molar-refractivity contribution in [1.29, 1.82) is 0 Å². The Morgan fingerprint density at radius 1 is 1.62 bits per heavy atom. The van der Waals surface area contributed by atoms with E-state index in [1.807, 2.05) is 12.3 Å². The second-order valence-electron chi connectivity index (χ2n) is 2.47. The minimum absolute atomic E-state index is 0.702. The molecule has 2 aromatic rings. The van der Waals surface area contributed by atoms with Crippen molar-refractivity contribution in [3.05, 3.63) is 28.5 Å². The van der Waals surface area contributed by atoms with Gasteiger partial charge in [-0.05, 0) is 6.92 Å². The average molecular weight is 212 g/mol. The van der Waals surface area contributed by atoms with E-state index in [2.05, 4.69) is 9.97 Å². The van der Waals surface area contributed by atoms with E-state index in [4.69, 9.17) is 4.42 Å². The van der Waals surface area contributed by atoms with Gasteiger partial charge in [0, 0.05) is 11.1 Å². The van der Waals surface area contributed by atoms with Crippen LogP contribution >= 0.6 is 23.1 Å². The first kappa shape index (κ1) is 8.77. The Bertz CT molecular complexity index is 369. The zero-order chi connectivity index (χ0) is 9.10. The van der Waals surface area contributed by atoms with Gasteiger partial charge in [0.25, 0.3) is 5.22 Å². The third-order valence-electron chi connectivity index (χ3n) is 1.40. The molecule has 0 saturated heterocycles. The standard InChI is InChI=1S/C8H8N2OS2/c1-6-4-12-7(10-6)5-13-8-9-2-3-11-8/h2-4H,5H2,1H3. The van der Waals surface area contributed by atoms with Gasteiger partial charge in [-0.15, -0.1) is 11.3 Å². The Labute approximate surface area is 84.2 Å². The van der Waals surface area contributed by atoms with Gasteiger partial charge in [-0.3, -0.25) is 0 Å². The topological polar surface area (TPSA) is 38.9 Å². The maximum absolute atomic E-state index is 5.09. The third kappa shape index (κ3) is 2.32. The molecule has 2 rings (SSSR count). The van der Waals surface area contributed by atoms with Gasteiger partial charge in [0.1, 0.15) is 11.3 Å². The van der Waals surface area contributed by atoms with Crippen molar-refractivity contribution in [3.8, 4) is 0 Å². The number of hydrogen-bond donors (Lipinski definition) is 0. The largest absolute Gasteiger partial charge is 0.440 e. The molecule has 0 saturated carbocycles. The summed E-state index contributed by atoms with van der Waals surface area (Å²) < 4.78 is 5.09. The predicted octanol–water partition coefficient (Wildman–Crippen LogP) is 2.73. The first-order chi connectivity index (χ1) is 6.34. The molecule has 0 unspecified atom stereocenters. The molecule has 0 amide bonds. The summed E-state index contributed by atoms with van der Waals surface area (Å²) in [6.45, 7) is 2.00. The van der Waals surface area contributed by atoms with E-state index in [0.717, 1.165) is 16.5 Å². The fourth-order valence-electron chi connectivity index (χ4n) is 0.874. The van der Waals surface area contributed by atoms with Crippen LogP contribution in [0, 0.1) is 6.92 Å². The van der Waals surface area contributed by atoms with Crippen molar-refractivity contribution >= 4 is 23.1 Å². The van der Waals surface area contributed by atoms with Gasteiger partial charge >= 0.3 is 0 Å². The summed E-state index contributed by atoms with van der Waals surface area (Å²) in [6.07, 6.45) is 3.23. The van der Waals surface area contributed by atoms with E-state index in [-0.39, 0.29) is 0 Å². The normalized spacial score (nSPS) is 10.5. The highest BCUT2D eigenvalue weighted by Gasteiger charge is 2.02. The molecule has 0 aliphatic heterocycles. The summed E-state index contributed by atoms with van der Waals surface area (Å²) >= 11 is 3.23. The Kier molecular flexibility index (Phi) is 2.65. The van der Waals surface area contributed by atoms with Crippen molar-refractivity contribution < 1.29 is 4.42 Å². The predicted molar refractivity (Wildman–Crippen MR) is 52.9 cm³/mol. The smallest absolute Gasteiger partial charge is 0.255 e. The maximum atomic E-state index is 5.09. The highest BCUT2D eigenvalue weighted by molar-refractivity contribution is 7.98. The quantitative estimate of drug-likeness (QED) is 0.733. The van der Waals surface area contributed by atoms with E-state index in [0.29, 0.717) is 5.22 Å². The first-order valence-electron chi connectivity index (χ1n) is 3.78. The molecule has 0 aliphatic rings. The number of nitrogens with zero attached hydrogens (tertiary/aromatic N) is 2. The number of oxazole rings is 1. The van der Waals surface area contributed by atoms with Crippen LogP contribution < -0.4 is 0 Å². The molecule has 0 fully saturated rings. The van der Waals surface area contributed by atoms with Gasteiger partial charge in [0.05, 0.1) is 11.9 Å². The van der Waals surface area contributed by atoms with E-state index in [1.165, 1.54) is 0 Å². The van der Waals surface area contributed by atoms with E-state index < -0.39 is 0 Å². The Morgan fingerprint density at radius 3 is 3.15 bits per heavy atom. The summed E-state index contributed by atoms with van der Waals surface area (Å²) in [6, 6.07) is 0. The maximum Gasteiger partial charge on any atom is 0.255 e. The highest BCUT2D eigenvalue weighted by Crippen LogP contribution is 2.22. The van der Waals surface area contributed by atoms with Crippen LogP contribution in [0.3, 0.4) is 0 Å². The zero-order valence-electron chi connectivity index (χ0n) is 7.06. The summed E-state index contributed by atoms with van der Waals surface area (Å²) in [5.41, 5.74) is 1.08. The number of thiazole rings is 1. The van der Waals surface area contributed by atoms with Crippen LogP contribution in [0.25, 0.3) is 0 Å². The van der Waals surface area contributed by atoms with Crippen molar-refractivity contribution in [2.75, 3.05) is 0 Å². The fourth-order valence-corrected chi connectivity index (χ4v) is 2.45. The SMILES string of the molecule is Cc1csc(CSc2ncco2)n1. The molecule has 0 spiro atoms. The van der Waals surface area contributed by atoms with E-state index in [1.54, 1.807) is 35.6 Å². The van der Waals surface area contributed by atoms with E-state index >= 15 is 0 Å². The Balaban J connectivity index is 1.93. The van der Waals surface area contributed by atoms with Gasteiger partial charge in [0.2, 0.25) is 0 Å². The molecule has 0 bridgehead atoms. The van der Waals surface area contributed by atoms with Gasteiger partial charge in [-0.1, -0.05) is 11.8 Å². The molecule has 2 aromatic heterocycles. The molecule has 13 heavy (non-hydrogen) atoms. The minimum atomic E-state index is 0.702. The number of hydrogen-bond acceptors (Lipinski definition) is 5. The van der Waals surface area contributed by atoms with Crippen LogP contribution in [0.1, 0.15) is 10.7 Å². The van der Waals surface area contributed by atoms with Crippen LogP contribution in [-0.4, -0.2) is 9.97 Å². The highest BCUT2D eigenvalue weighted by atomic mass is 32.2. The van der Waals surface area contributed by atoms with Crippen LogP contribution in [-0.2, 0) is 5.75 Å². The summed E-state index contributed by atoms with van der Waals surface area (Å²) in [7, 11) is 0. The van der Waals surface area contributed by atoms with Crippen LogP contribution in [0.5, 0.6) is 0 Å². The number of thioether (sulfide) groups is 1. The molecule has 2 heterocycles. The molecular formula is C8H8N2OS2. The van der Waals surface area contributed by atoms with Crippen molar-refractivity contribution in [1.82, 2.24) is 9.97 Å². The molecule has 0 aliphatic carbocycles. The molecule has 0 radical (unpaired) electrons. The lowest BCUT2D eigenvalue weighted by atomic mass is 10.6. The van der Waals surface area contributed by atoms with Crippen LogP contribution in [0.4, 0.5) is 0 Å². The zero-order valence-corrected chi connectivity index (χ0v) is 8.69. The third-order valence-corrected chi connectivity index (χ3v) is 3.41. The van der Waals surface area contributed by atoms with Crippen LogP contribution in [0.15, 0.2) is 27.5 Å². The van der Waals surface area contributed by atoms with Gasteiger partial charge < -0.3 is 4.42 Å².